The summed E-state index contributed by atoms with van der Waals surface area (Å²) in [6.45, 7) is -5.52. The van der Waals surface area contributed by atoms with Crippen LogP contribution in [0.25, 0.3) is 0 Å². The van der Waals surface area contributed by atoms with Crippen molar-refractivity contribution in [1.29, 1.82) is 0 Å². The minimum Gasteiger partial charge on any atom is -0.389 e. The molecule has 0 saturated carbocycles. The largest absolute Gasteiger partial charge is 0.389 e. The topological polar surface area (TPSA) is 49.2 Å². The van der Waals surface area contributed by atoms with Gasteiger partial charge in [0, 0.05) is 19.2 Å². The van der Waals surface area contributed by atoms with E-state index < -0.39 is 37.4 Å². The van der Waals surface area contributed by atoms with E-state index in [1.165, 1.54) is 0 Å². The second kappa shape index (κ2) is 2.99. The van der Waals surface area contributed by atoms with Crippen molar-refractivity contribution < 1.29 is 14.7 Å². The van der Waals surface area contributed by atoms with Crippen molar-refractivity contribution in [3.05, 3.63) is 16.9 Å². The average molecular weight is 237 g/mol. The van der Waals surface area contributed by atoms with Gasteiger partial charge in [-0.2, -0.15) is 0 Å². The molecule has 0 unspecified atom stereocenters. The number of aliphatic hydroxyl groups is 1. The molecule has 1 fully saturated rings. The number of rotatable bonds is 1. The van der Waals surface area contributed by atoms with E-state index in [0.29, 0.717) is 4.90 Å². The predicted octanol–water partition coefficient (Wildman–Crippen LogP) is 0.420. The summed E-state index contributed by atoms with van der Waals surface area (Å²) in [4.78, 5) is 7.36. The lowest BCUT2D eigenvalue weighted by Crippen LogP contribution is -2.51. The predicted molar refractivity (Wildman–Crippen MR) is 48.0 cm³/mol. The van der Waals surface area contributed by atoms with E-state index in [2.05, 4.69) is 25.9 Å². The van der Waals surface area contributed by atoms with Gasteiger partial charge in [-0.3, -0.25) is 0 Å². The zero-order valence-electron chi connectivity index (χ0n) is 12.7. The quantitative estimate of drug-likeness (QED) is 0.769. The summed E-state index contributed by atoms with van der Waals surface area (Å²) in [5, 5.41) is 9.55. The van der Waals surface area contributed by atoms with Gasteiger partial charge in [-0.1, -0.05) is 0 Å². The van der Waals surface area contributed by atoms with Gasteiger partial charge < -0.3 is 10.0 Å². The number of β-amino-alcohol motifs (C(OH)–C–C–N with tert-alkyl or cyclic N) is 1. The van der Waals surface area contributed by atoms with Crippen LogP contribution in [-0.2, 0) is 0 Å². The molecule has 0 aliphatic carbocycles. The molecular weight excluding hydrogens is 222 g/mol. The highest BCUT2D eigenvalue weighted by Gasteiger charge is 2.26. The van der Waals surface area contributed by atoms with Crippen LogP contribution in [0.3, 0.4) is 0 Å². The van der Waals surface area contributed by atoms with Crippen LogP contribution in [-0.4, -0.2) is 34.1 Å². The Balaban J connectivity index is 2.61. The maximum atomic E-state index is 9.55. The minimum absolute atomic E-state index is 0.119. The van der Waals surface area contributed by atoms with Gasteiger partial charge in [0.15, 0.2) is 0 Å². The highest BCUT2D eigenvalue weighted by atomic mass is 79.9. The van der Waals surface area contributed by atoms with Gasteiger partial charge in [0.1, 0.15) is 13.5 Å². The first-order valence-corrected chi connectivity index (χ1v) is 3.77. The van der Waals surface area contributed by atoms with E-state index in [-0.39, 0.29) is 4.47 Å². The first-order valence-electron chi connectivity index (χ1n) is 6.48. The molecule has 0 radical (unpaired) electrons. The number of halogens is 1. The lowest BCUT2D eigenvalue weighted by Gasteiger charge is -2.37. The summed E-state index contributed by atoms with van der Waals surface area (Å²) < 4.78 is 52.2. The molecule has 1 saturated heterocycles. The Morgan fingerprint density at radius 2 is 2.67 bits per heavy atom. The molecule has 4 nitrogen and oxygen atoms in total. The molecule has 64 valence electrons. The number of hydrogen-bond donors (Lipinski definition) is 1. The lowest BCUT2D eigenvalue weighted by atomic mass is 10.2. The van der Waals surface area contributed by atoms with Crippen molar-refractivity contribution in [3.8, 4) is 0 Å². The zero-order valence-corrected chi connectivity index (χ0v) is 7.25. The molecule has 5 heteroatoms. The third-order valence-corrected chi connectivity index (χ3v) is 1.74. The third-order valence-electron chi connectivity index (χ3n) is 1.20. The van der Waals surface area contributed by atoms with Crippen molar-refractivity contribution in [3.63, 3.8) is 0 Å². The van der Waals surface area contributed by atoms with Crippen LogP contribution in [0.1, 0.15) is 9.60 Å². The van der Waals surface area contributed by atoms with Crippen molar-refractivity contribution in [1.82, 2.24) is 9.97 Å². The molecule has 12 heavy (non-hydrogen) atoms. The van der Waals surface area contributed by atoms with Gasteiger partial charge >= 0.3 is 0 Å². The Labute approximate surface area is 88.2 Å². The number of anilines is 1. The van der Waals surface area contributed by atoms with E-state index in [9.17, 15) is 5.11 Å². The van der Waals surface area contributed by atoms with Gasteiger partial charge in [-0.25, -0.2) is 9.97 Å². The maximum Gasteiger partial charge on any atom is 0.146 e. The standard InChI is InChI=1S/C7H8BrN3O/c8-6-1-9-4-10-7(6)11-2-5(12)3-11/h1,4-5,12H,2-3H2/i1D,2D2,3D2,4D,5D. The average Bonchev–Trinajstić information content (AvgIpc) is 2.23. The van der Waals surface area contributed by atoms with Gasteiger partial charge in [-0.05, 0) is 15.9 Å². The van der Waals surface area contributed by atoms with Crippen LogP contribution < -0.4 is 4.90 Å². The summed E-state index contributed by atoms with van der Waals surface area (Å²) >= 11 is 2.92. The van der Waals surface area contributed by atoms with E-state index in [4.69, 9.17) is 9.60 Å². The lowest BCUT2D eigenvalue weighted by molar-refractivity contribution is 0.141. The molecule has 0 atom stereocenters. The van der Waals surface area contributed by atoms with Crippen molar-refractivity contribution in [2.45, 2.75) is 6.08 Å². The second-order valence-electron chi connectivity index (χ2n) is 1.98. The van der Waals surface area contributed by atoms with Gasteiger partial charge in [0.05, 0.1) is 18.8 Å². The number of hydrogen-bond acceptors (Lipinski definition) is 4. The van der Waals surface area contributed by atoms with Crippen LogP contribution in [0, 0.1) is 0 Å². The summed E-state index contributed by atoms with van der Waals surface area (Å²) in [5.41, 5.74) is 0. The molecule has 0 spiro atoms. The molecule has 2 rings (SSSR count). The molecular formula is C7H8BrN3O. The molecule has 0 aromatic carbocycles. The van der Waals surface area contributed by atoms with Gasteiger partial charge in [0.25, 0.3) is 0 Å². The highest BCUT2D eigenvalue weighted by molar-refractivity contribution is 9.10. The summed E-state index contributed by atoms with van der Waals surface area (Å²) in [6, 6.07) is 0. The Morgan fingerprint density at radius 1 is 1.92 bits per heavy atom. The Hall–Kier alpha value is -0.680. The van der Waals surface area contributed by atoms with E-state index in [0.717, 1.165) is 0 Å². The number of nitrogens with zero attached hydrogens (tertiary/aromatic N) is 3. The zero-order chi connectivity index (χ0) is 14.8. The van der Waals surface area contributed by atoms with Crippen LogP contribution in [0.15, 0.2) is 16.9 Å². The molecule has 1 aliphatic heterocycles. The highest BCUT2D eigenvalue weighted by Crippen LogP contribution is 2.25. The monoisotopic (exact) mass is 236 g/mol. The summed E-state index contributed by atoms with van der Waals surface area (Å²) in [6.07, 6.45) is -3.99. The SMILES string of the molecule is [2H]c1nc([2H])c(Br)c(N2C([2H])([2H])C([2H])(O)C2([2H])[2H])n1. The number of aromatic nitrogens is 2. The minimum atomic E-state index is -2.99. The van der Waals surface area contributed by atoms with Crippen molar-refractivity contribution >= 4 is 21.7 Å². The van der Waals surface area contributed by atoms with E-state index >= 15 is 0 Å². The Kier molecular flexibility index (Phi) is 0.804. The fourth-order valence-corrected chi connectivity index (χ4v) is 1.07. The summed E-state index contributed by atoms with van der Waals surface area (Å²) in [7, 11) is 0. The van der Waals surface area contributed by atoms with Crippen LogP contribution >= 0.6 is 15.9 Å². The molecule has 0 bridgehead atoms. The van der Waals surface area contributed by atoms with Crippen LogP contribution in [0.5, 0.6) is 0 Å². The van der Waals surface area contributed by atoms with Crippen molar-refractivity contribution in [2.75, 3.05) is 17.9 Å². The maximum absolute atomic E-state index is 9.55. The molecule has 2 heterocycles. The van der Waals surface area contributed by atoms with Crippen molar-refractivity contribution in [2.24, 2.45) is 0 Å². The Bertz CT molecular complexity index is 534. The normalized spacial score (nSPS) is 37.2. The van der Waals surface area contributed by atoms with Crippen LogP contribution in [0.4, 0.5) is 5.82 Å². The molecule has 0 amide bonds. The fraction of sp³-hybridized carbons (Fsp3) is 0.429. The molecule has 1 N–H and O–H groups in total. The van der Waals surface area contributed by atoms with E-state index in [1.807, 2.05) is 0 Å². The van der Waals surface area contributed by atoms with E-state index in [1.54, 1.807) is 0 Å². The third kappa shape index (κ3) is 1.30. The Morgan fingerprint density at radius 3 is 3.42 bits per heavy atom. The summed E-state index contributed by atoms with van der Waals surface area (Å²) in [5.74, 6) is -0.392. The first-order chi connectivity index (χ1) is 8.44. The van der Waals surface area contributed by atoms with Gasteiger partial charge in [0.2, 0.25) is 0 Å². The second-order valence-corrected chi connectivity index (χ2v) is 2.77. The fourth-order valence-electron chi connectivity index (χ4n) is 0.711. The molecule has 1 aliphatic rings. The molecule has 1 aromatic rings. The molecule has 1 aromatic heterocycles. The van der Waals surface area contributed by atoms with Gasteiger partial charge in [-0.15, -0.1) is 0 Å². The smallest absolute Gasteiger partial charge is 0.146 e. The van der Waals surface area contributed by atoms with Crippen LogP contribution in [0.2, 0.25) is 0 Å². The first kappa shape index (κ1) is 3.23.